The highest BCUT2D eigenvalue weighted by Gasteiger charge is 2.29. The van der Waals surface area contributed by atoms with Gasteiger partial charge in [0.15, 0.2) is 0 Å². The van der Waals surface area contributed by atoms with Gasteiger partial charge in [-0.2, -0.15) is 0 Å². The van der Waals surface area contributed by atoms with E-state index in [1.807, 2.05) is 24.3 Å². The Labute approximate surface area is 99.9 Å². The fourth-order valence-corrected chi connectivity index (χ4v) is 3.67. The molecule has 90 valence electrons. The number of rotatable bonds is 1. The van der Waals surface area contributed by atoms with E-state index in [1.165, 1.54) is 5.70 Å². The van der Waals surface area contributed by atoms with Crippen molar-refractivity contribution in [2.45, 2.75) is 12.8 Å². The van der Waals surface area contributed by atoms with E-state index in [1.54, 1.807) is 0 Å². The van der Waals surface area contributed by atoms with Crippen LogP contribution in [0, 0.1) is 5.92 Å². The van der Waals surface area contributed by atoms with Gasteiger partial charge in [0.2, 0.25) is 10.0 Å². The molecule has 1 heterocycles. The maximum atomic E-state index is 11.6. The molecule has 3 N–H and O–H groups in total. The molecule has 3 rings (SSSR count). The molecule has 1 atom stereocenters. The summed E-state index contributed by atoms with van der Waals surface area (Å²) in [6, 6.07) is 7.56. The molecule has 17 heavy (non-hydrogen) atoms. The minimum absolute atomic E-state index is 0.276. The van der Waals surface area contributed by atoms with Crippen molar-refractivity contribution >= 4 is 20.6 Å². The van der Waals surface area contributed by atoms with Gasteiger partial charge in [0.05, 0.1) is 4.91 Å². The second-order valence-corrected chi connectivity index (χ2v) is 6.13. The van der Waals surface area contributed by atoms with Crippen LogP contribution in [0.4, 0.5) is 0 Å². The lowest BCUT2D eigenvalue weighted by molar-refractivity contribution is 0.602. The summed E-state index contributed by atoms with van der Waals surface area (Å²) in [5.41, 5.74) is 1.17. The van der Waals surface area contributed by atoms with Crippen LogP contribution in [0.5, 0.6) is 0 Å². The predicted octanol–water partition coefficient (Wildman–Crippen LogP) is -0.795. The molecule has 1 unspecified atom stereocenters. The molecule has 1 aromatic rings. The molecule has 0 amide bonds. The van der Waals surface area contributed by atoms with Crippen molar-refractivity contribution in [3.05, 3.63) is 34.7 Å². The first-order valence-electron chi connectivity index (χ1n) is 5.66. The molecule has 1 aromatic carbocycles. The number of sulfonamides is 1. The van der Waals surface area contributed by atoms with E-state index in [0.717, 1.165) is 23.4 Å². The second kappa shape index (κ2) is 3.58. The summed E-state index contributed by atoms with van der Waals surface area (Å²) < 4.78 is 23.3. The van der Waals surface area contributed by atoms with E-state index in [9.17, 15) is 8.42 Å². The zero-order valence-electron chi connectivity index (χ0n) is 9.31. The summed E-state index contributed by atoms with van der Waals surface area (Å²) in [5, 5.41) is 10.4. The SMILES string of the molecule is NS(=O)(=O)C1=c2ccccc2=C2NCCC2C1. The van der Waals surface area contributed by atoms with Gasteiger partial charge in [0.25, 0.3) is 0 Å². The van der Waals surface area contributed by atoms with Crippen molar-refractivity contribution in [2.24, 2.45) is 11.1 Å². The number of hydrogen-bond donors (Lipinski definition) is 2. The monoisotopic (exact) mass is 250 g/mol. The summed E-state index contributed by atoms with van der Waals surface area (Å²) in [6.07, 6.45) is 1.50. The van der Waals surface area contributed by atoms with Gasteiger partial charge in [-0.15, -0.1) is 0 Å². The number of benzene rings is 1. The summed E-state index contributed by atoms with van der Waals surface area (Å²) >= 11 is 0. The third-order valence-corrected chi connectivity index (χ3v) is 4.58. The maximum Gasteiger partial charge on any atom is 0.234 e. The molecule has 1 aliphatic heterocycles. The van der Waals surface area contributed by atoms with Crippen LogP contribution >= 0.6 is 0 Å². The Morgan fingerprint density at radius 3 is 2.65 bits per heavy atom. The van der Waals surface area contributed by atoms with Crippen molar-refractivity contribution in [1.82, 2.24) is 5.32 Å². The average Bonchev–Trinajstić information content (AvgIpc) is 2.74. The number of primary sulfonamides is 1. The van der Waals surface area contributed by atoms with Crippen molar-refractivity contribution < 1.29 is 8.42 Å². The molecule has 4 nitrogen and oxygen atoms in total. The number of nitrogens with one attached hydrogen (secondary N) is 1. The molecular weight excluding hydrogens is 236 g/mol. The maximum absolute atomic E-state index is 11.6. The Morgan fingerprint density at radius 2 is 1.94 bits per heavy atom. The molecule has 0 aromatic heterocycles. The van der Waals surface area contributed by atoms with E-state index in [0.29, 0.717) is 11.3 Å². The van der Waals surface area contributed by atoms with Crippen molar-refractivity contribution in [2.75, 3.05) is 6.54 Å². The molecule has 0 saturated carbocycles. The molecular formula is C12H14N2O2S. The van der Waals surface area contributed by atoms with Crippen molar-refractivity contribution in [3.8, 4) is 0 Å². The number of fused-ring (bicyclic) bond motifs is 2. The highest BCUT2D eigenvalue weighted by atomic mass is 32.2. The fourth-order valence-electron chi connectivity index (χ4n) is 2.75. The van der Waals surface area contributed by atoms with Gasteiger partial charge in [-0.25, -0.2) is 13.6 Å². The van der Waals surface area contributed by atoms with E-state index >= 15 is 0 Å². The van der Waals surface area contributed by atoms with Crippen LogP contribution in [0.1, 0.15) is 12.8 Å². The van der Waals surface area contributed by atoms with Crippen LogP contribution in [-0.4, -0.2) is 15.0 Å². The molecule has 5 heteroatoms. The second-order valence-electron chi connectivity index (χ2n) is 4.54. The highest BCUT2D eigenvalue weighted by Crippen LogP contribution is 2.29. The third-order valence-electron chi connectivity index (χ3n) is 3.51. The Bertz CT molecular complexity index is 691. The summed E-state index contributed by atoms with van der Waals surface area (Å²) in [7, 11) is -3.60. The zero-order chi connectivity index (χ0) is 12.0. The predicted molar refractivity (Wildman–Crippen MR) is 66.3 cm³/mol. The Hall–Kier alpha value is -1.33. The minimum atomic E-state index is -3.60. The molecule has 0 radical (unpaired) electrons. The average molecular weight is 250 g/mol. The first-order valence-corrected chi connectivity index (χ1v) is 7.21. The Morgan fingerprint density at radius 1 is 1.24 bits per heavy atom. The van der Waals surface area contributed by atoms with Crippen LogP contribution in [-0.2, 0) is 10.0 Å². The van der Waals surface area contributed by atoms with Crippen LogP contribution in [0.2, 0.25) is 0 Å². The number of hydrogen-bond acceptors (Lipinski definition) is 3. The van der Waals surface area contributed by atoms with E-state index < -0.39 is 10.0 Å². The van der Waals surface area contributed by atoms with E-state index in [4.69, 9.17) is 5.14 Å². The lowest BCUT2D eigenvalue weighted by Crippen LogP contribution is -2.39. The van der Waals surface area contributed by atoms with Crippen molar-refractivity contribution in [3.63, 3.8) is 0 Å². The summed E-state index contributed by atoms with van der Waals surface area (Å²) in [6.45, 7) is 0.909. The minimum Gasteiger partial charge on any atom is -0.388 e. The molecule has 2 aliphatic rings. The number of nitrogens with two attached hydrogens (primary N) is 1. The fraction of sp³-hybridized carbons (Fsp3) is 0.333. The zero-order valence-corrected chi connectivity index (χ0v) is 10.1. The van der Waals surface area contributed by atoms with E-state index in [2.05, 4.69) is 5.32 Å². The van der Waals surface area contributed by atoms with Crippen molar-refractivity contribution in [1.29, 1.82) is 0 Å². The van der Waals surface area contributed by atoms with Crippen LogP contribution in [0.25, 0.3) is 10.6 Å². The lowest BCUT2D eigenvalue weighted by atomic mass is 9.94. The van der Waals surface area contributed by atoms with Gasteiger partial charge >= 0.3 is 0 Å². The van der Waals surface area contributed by atoms with Crippen LogP contribution in [0.3, 0.4) is 0 Å². The molecule has 0 bridgehead atoms. The molecule has 1 aliphatic carbocycles. The van der Waals surface area contributed by atoms with Gasteiger partial charge in [0.1, 0.15) is 0 Å². The van der Waals surface area contributed by atoms with E-state index in [-0.39, 0.29) is 5.92 Å². The lowest BCUT2D eigenvalue weighted by Gasteiger charge is -2.18. The Balaban J connectivity index is 2.46. The van der Waals surface area contributed by atoms with Crippen LogP contribution in [0.15, 0.2) is 24.3 Å². The quantitative estimate of drug-likeness (QED) is 0.686. The van der Waals surface area contributed by atoms with Crippen LogP contribution < -0.4 is 20.9 Å². The van der Waals surface area contributed by atoms with Gasteiger partial charge in [-0.1, -0.05) is 24.3 Å². The summed E-state index contributed by atoms with van der Waals surface area (Å²) in [5.74, 6) is 0.276. The van der Waals surface area contributed by atoms with Gasteiger partial charge in [0, 0.05) is 23.4 Å². The standard InChI is InChI=1S/C12H14N2O2S/c13-17(15,16)11-7-8-5-6-14-12(8)10-4-2-1-3-9(10)11/h1-4,8,14H,5-7H2,(H2,13,15,16). The normalized spacial score (nSPS) is 23.0. The Kier molecular flexibility index (Phi) is 2.27. The van der Waals surface area contributed by atoms with Gasteiger partial charge in [-0.3, -0.25) is 0 Å². The largest absolute Gasteiger partial charge is 0.388 e. The molecule has 1 fully saturated rings. The van der Waals surface area contributed by atoms with Gasteiger partial charge < -0.3 is 5.32 Å². The smallest absolute Gasteiger partial charge is 0.234 e. The molecule has 0 spiro atoms. The molecule has 1 saturated heterocycles. The third kappa shape index (κ3) is 1.66. The highest BCUT2D eigenvalue weighted by molar-refractivity contribution is 7.98. The van der Waals surface area contributed by atoms with Gasteiger partial charge in [-0.05, 0) is 18.1 Å². The first-order chi connectivity index (χ1) is 8.07. The topological polar surface area (TPSA) is 72.2 Å². The summed E-state index contributed by atoms with van der Waals surface area (Å²) in [4.78, 5) is 0.380. The first kappa shape index (κ1) is 10.8.